The molecule has 0 aliphatic carbocycles. The van der Waals surface area contributed by atoms with E-state index in [0.717, 1.165) is 17.8 Å². The Morgan fingerprint density at radius 3 is 2.60 bits per heavy atom. The molecule has 0 radical (unpaired) electrons. The molecule has 0 aliphatic heterocycles. The molecule has 3 heteroatoms. The van der Waals surface area contributed by atoms with Gasteiger partial charge >= 0.3 is 0 Å². The van der Waals surface area contributed by atoms with E-state index in [2.05, 4.69) is 10.3 Å². The molecule has 1 aromatic rings. The lowest BCUT2D eigenvalue weighted by Gasteiger charge is -2.26. The largest absolute Gasteiger partial charge is 0.389 e. The number of aryl methyl sites for hydroxylation is 1. The zero-order valence-corrected chi connectivity index (χ0v) is 9.91. The molecule has 0 saturated heterocycles. The Kier molecular flexibility index (Phi) is 3.83. The van der Waals surface area contributed by atoms with Gasteiger partial charge in [0.25, 0.3) is 0 Å². The average molecular weight is 208 g/mol. The second-order valence-corrected chi connectivity index (χ2v) is 4.56. The van der Waals surface area contributed by atoms with Crippen LogP contribution in [0.5, 0.6) is 0 Å². The third-order valence-corrected chi connectivity index (χ3v) is 2.64. The van der Waals surface area contributed by atoms with Gasteiger partial charge in [-0.25, -0.2) is 0 Å². The minimum atomic E-state index is -0.696. The summed E-state index contributed by atoms with van der Waals surface area (Å²) in [6.45, 7) is 8.28. The van der Waals surface area contributed by atoms with Crippen molar-refractivity contribution in [2.45, 2.75) is 45.9 Å². The number of pyridine rings is 1. The van der Waals surface area contributed by atoms with Crippen LogP contribution in [0.3, 0.4) is 0 Å². The topological polar surface area (TPSA) is 45.1 Å². The van der Waals surface area contributed by atoms with Gasteiger partial charge in [-0.15, -0.1) is 0 Å². The van der Waals surface area contributed by atoms with Crippen LogP contribution in [0.15, 0.2) is 18.3 Å². The van der Waals surface area contributed by atoms with Crippen molar-refractivity contribution >= 4 is 0 Å². The quantitative estimate of drug-likeness (QED) is 0.790. The van der Waals surface area contributed by atoms with Gasteiger partial charge in [-0.2, -0.15) is 0 Å². The molecular formula is C12H20N2O. The van der Waals surface area contributed by atoms with Crippen molar-refractivity contribution in [3.63, 3.8) is 0 Å². The van der Waals surface area contributed by atoms with Crippen LogP contribution < -0.4 is 5.32 Å². The summed E-state index contributed by atoms with van der Waals surface area (Å²) < 4.78 is 0. The van der Waals surface area contributed by atoms with Gasteiger partial charge in [0, 0.05) is 24.5 Å². The minimum absolute atomic E-state index is 0.0544. The first-order valence-electron chi connectivity index (χ1n) is 5.27. The van der Waals surface area contributed by atoms with E-state index >= 15 is 0 Å². The van der Waals surface area contributed by atoms with Gasteiger partial charge in [0.2, 0.25) is 0 Å². The molecule has 0 amide bonds. The van der Waals surface area contributed by atoms with E-state index in [1.54, 1.807) is 13.8 Å². The Morgan fingerprint density at radius 2 is 2.13 bits per heavy atom. The number of nitrogens with one attached hydrogen (secondary N) is 1. The van der Waals surface area contributed by atoms with Crippen LogP contribution in [-0.2, 0) is 6.54 Å². The van der Waals surface area contributed by atoms with Crippen molar-refractivity contribution in [3.8, 4) is 0 Å². The van der Waals surface area contributed by atoms with E-state index < -0.39 is 5.60 Å². The third-order valence-electron chi connectivity index (χ3n) is 2.64. The molecule has 0 bridgehead atoms. The number of aromatic nitrogens is 1. The van der Waals surface area contributed by atoms with Crippen molar-refractivity contribution in [3.05, 3.63) is 29.6 Å². The maximum absolute atomic E-state index is 9.73. The van der Waals surface area contributed by atoms with Gasteiger partial charge < -0.3 is 10.4 Å². The number of hydrogen-bond donors (Lipinski definition) is 2. The molecule has 1 heterocycles. The second-order valence-electron chi connectivity index (χ2n) is 4.56. The number of aliphatic hydroxyl groups is 1. The van der Waals surface area contributed by atoms with Crippen molar-refractivity contribution in [2.24, 2.45) is 0 Å². The molecule has 1 unspecified atom stereocenters. The lowest BCUT2D eigenvalue weighted by atomic mass is 10.0. The van der Waals surface area contributed by atoms with E-state index in [-0.39, 0.29) is 6.04 Å². The summed E-state index contributed by atoms with van der Waals surface area (Å²) in [5.74, 6) is 0. The first kappa shape index (κ1) is 12.1. The van der Waals surface area contributed by atoms with Crippen molar-refractivity contribution in [1.29, 1.82) is 0 Å². The van der Waals surface area contributed by atoms with Gasteiger partial charge in [-0.05, 0) is 39.3 Å². The monoisotopic (exact) mass is 208 g/mol. The summed E-state index contributed by atoms with van der Waals surface area (Å²) in [5.41, 5.74) is 1.46. The van der Waals surface area contributed by atoms with Crippen LogP contribution in [0.2, 0.25) is 0 Å². The van der Waals surface area contributed by atoms with E-state index in [1.165, 1.54) is 0 Å². The fraction of sp³-hybridized carbons (Fsp3) is 0.583. The highest BCUT2D eigenvalue weighted by Crippen LogP contribution is 2.08. The SMILES string of the molecule is Cc1ccc(CNC(C)C(C)(C)O)cn1. The molecular weight excluding hydrogens is 188 g/mol. The van der Waals surface area contributed by atoms with Crippen LogP contribution in [0.1, 0.15) is 32.0 Å². The molecule has 84 valence electrons. The maximum atomic E-state index is 9.73. The van der Waals surface area contributed by atoms with Crippen LogP contribution in [0, 0.1) is 6.92 Å². The highest BCUT2D eigenvalue weighted by atomic mass is 16.3. The third kappa shape index (κ3) is 3.98. The van der Waals surface area contributed by atoms with Crippen LogP contribution in [0.25, 0.3) is 0 Å². The van der Waals surface area contributed by atoms with Gasteiger partial charge in [0.15, 0.2) is 0 Å². The molecule has 1 atom stereocenters. The molecule has 0 aliphatic rings. The highest BCUT2D eigenvalue weighted by molar-refractivity contribution is 5.12. The van der Waals surface area contributed by atoms with E-state index in [9.17, 15) is 5.11 Å². The number of hydrogen-bond acceptors (Lipinski definition) is 3. The Labute approximate surface area is 91.5 Å². The van der Waals surface area contributed by atoms with E-state index in [1.807, 2.05) is 32.2 Å². The zero-order valence-electron chi connectivity index (χ0n) is 9.91. The van der Waals surface area contributed by atoms with Crippen LogP contribution in [-0.4, -0.2) is 21.7 Å². The molecule has 3 nitrogen and oxygen atoms in total. The van der Waals surface area contributed by atoms with Gasteiger partial charge in [0.05, 0.1) is 5.60 Å². The lowest BCUT2D eigenvalue weighted by molar-refractivity contribution is 0.0437. The normalized spacial score (nSPS) is 13.9. The summed E-state index contributed by atoms with van der Waals surface area (Å²) in [4.78, 5) is 4.22. The fourth-order valence-electron chi connectivity index (χ4n) is 1.12. The Morgan fingerprint density at radius 1 is 1.47 bits per heavy atom. The van der Waals surface area contributed by atoms with Crippen molar-refractivity contribution in [2.75, 3.05) is 0 Å². The Hall–Kier alpha value is -0.930. The summed E-state index contributed by atoms with van der Waals surface area (Å²) in [7, 11) is 0. The molecule has 0 fully saturated rings. The first-order valence-corrected chi connectivity index (χ1v) is 5.27. The molecule has 1 aromatic heterocycles. The smallest absolute Gasteiger partial charge is 0.0741 e. The van der Waals surface area contributed by atoms with Crippen molar-refractivity contribution < 1.29 is 5.11 Å². The van der Waals surface area contributed by atoms with Crippen molar-refractivity contribution in [1.82, 2.24) is 10.3 Å². The Bertz CT molecular complexity index is 300. The predicted molar refractivity (Wildman–Crippen MR) is 61.6 cm³/mol. The van der Waals surface area contributed by atoms with Crippen LogP contribution in [0.4, 0.5) is 0 Å². The second kappa shape index (κ2) is 4.73. The molecule has 1 rings (SSSR count). The van der Waals surface area contributed by atoms with Gasteiger partial charge in [0.1, 0.15) is 0 Å². The summed E-state index contributed by atoms with van der Waals surface area (Å²) >= 11 is 0. The molecule has 0 spiro atoms. The molecule has 2 N–H and O–H groups in total. The zero-order chi connectivity index (χ0) is 11.5. The highest BCUT2D eigenvalue weighted by Gasteiger charge is 2.21. The number of rotatable bonds is 4. The molecule has 15 heavy (non-hydrogen) atoms. The minimum Gasteiger partial charge on any atom is -0.389 e. The maximum Gasteiger partial charge on any atom is 0.0741 e. The van der Waals surface area contributed by atoms with E-state index in [4.69, 9.17) is 0 Å². The summed E-state index contributed by atoms with van der Waals surface area (Å²) in [6, 6.07) is 4.09. The Balaban J connectivity index is 2.47. The van der Waals surface area contributed by atoms with Gasteiger partial charge in [-0.3, -0.25) is 4.98 Å². The van der Waals surface area contributed by atoms with E-state index in [0.29, 0.717) is 0 Å². The summed E-state index contributed by atoms with van der Waals surface area (Å²) in [5, 5.41) is 13.0. The predicted octanol–water partition coefficient (Wildman–Crippen LogP) is 1.64. The van der Waals surface area contributed by atoms with Crippen LogP contribution >= 0.6 is 0 Å². The lowest BCUT2D eigenvalue weighted by Crippen LogP contribution is -2.44. The summed E-state index contributed by atoms with van der Waals surface area (Å²) in [6.07, 6.45) is 1.86. The van der Waals surface area contributed by atoms with Gasteiger partial charge in [-0.1, -0.05) is 6.07 Å². The fourth-order valence-corrected chi connectivity index (χ4v) is 1.12. The molecule has 0 aromatic carbocycles. The average Bonchev–Trinajstić information content (AvgIpc) is 2.15. The first-order chi connectivity index (χ1) is 6.89. The number of nitrogens with zero attached hydrogens (tertiary/aromatic N) is 1. The molecule has 0 saturated carbocycles. The standard InChI is InChI=1S/C12H20N2O/c1-9-5-6-11(7-13-9)8-14-10(2)12(3,4)15/h5-7,10,14-15H,8H2,1-4H3.